The smallest absolute Gasteiger partial charge is 0.361 e. The molecule has 30 heavy (non-hydrogen) atoms. The number of aryl methyl sites for hydroxylation is 2. The molecule has 0 spiro atoms. The second-order valence-electron chi connectivity index (χ2n) is 7.02. The predicted molar refractivity (Wildman–Crippen MR) is 106 cm³/mol. The Morgan fingerprint density at radius 2 is 1.97 bits per heavy atom. The lowest BCUT2D eigenvalue weighted by atomic mass is 10.0. The van der Waals surface area contributed by atoms with E-state index in [1.54, 1.807) is 11.6 Å². The number of quaternary nitrogens is 1. The van der Waals surface area contributed by atoms with Gasteiger partial charge in [0.2, 0.25) is 12.6 Å². The molecule has 4 rings (SSSR count). The van der Waals surface area contributed by atoms with Crippen LogP contribution < -0.4 is 14.8 Å². The Balaban J connectivity index is 1.76. The molecule has 1 aromatic heterocycles. The number of fused-ring (bicyclic) bond motifs is 1. The van der Waals surface area contributed by atoms with E-state index in [4.69, 9.17) is 14.2 Å². The monoisotopic (exact) mass is 410 g/mol. The molecule has 1 atom stereocenters. The van der Waals surface area contributed by atoms with Crippen LogP contribution in [0.4, 0.5) is 0 Å². The molecule has 3 aromatic rings. The minimum absolute atomic E-state index is 0.132. The number of carbonyl (C=O) groups excluding carboxylic acids is 1. The van der Waals surface area contributed by atoms with Gasteiger partial charge in [0.05, 0.1) is 12.3 Å². The predicted octanol–water partition coefficient (Wildman–Crippen LogP) is 1.22. The van der Waals surface area contributed by atoms with Gasteiger partial charge >= 0.3 is 5.97 Å². The molecule has 0 bridgehead atoms. The molecule has 2 heterocycles. The normalized spacial score (nSPS) is 13.3. The Hall–Kier alpha value is -3.46. The van der Waals surface area contributed by atoms with Crippen molar-refractivity contribution in [1.29, 1.82) is 0 Å². The maximum absolute atomic E-state index is 12.0. The van der Waals surface area contributed by atoms with Crippen LogP contribution in [0.2, 0.25) is 0 Å². The number of ether oxygens (including phenoxy) is 3. The van der Waals surface area contributed by atoms with Gasteiger partial charge in [-0.05, 0) is 60.5 Å². The van der Waals surface area contributed by atoms with Crippen molar-refractivity contribution in [3.05, 3.63) is 58.9 Å². The third-order valence-electron chi connectivity index (χ3n) is 5.00. The third-order valence-corrected chi connectivity index (χ3v) is 5.00. The molecular formula is C21H24N5O4+. The molecular weight excluding hydrogens is 386 g/mol. The van der Waals surface area contributed by atoms with E-state index in [0.717, 1.165) is 22.4 Å². The first-order valence-corrected chi connectivity index (χ1v) is 9.81. The van der Waals surface area contributed by atoms with Gasteiger partial charge in [-0.2, -0.15) is 4.68 Å². The van der Waals surface area contributed by atoms with Crippen LogP contribution in [-0.4, -0.2) is 46.1 Å². The van der Waals surface area contributed by atoms with Gasteiger partial charge in [0, 0.05) is 5.56 Å². The maximum atomic E-state index is 12.0. The van der Waals surface area contributed by atoms with Crippen molar-refractivity contribution in [1.82, 2.24) is 20.2 Å². The Kier molecular flexibility index (Phi) is 5.62. The summed E-state index contributed by atoms with van der Waals surface area (Å²) in [7, 11) is 0. The van der Waals surface area contributed by atoms with Gasteiger partial charge in [0.15, 0.2) is 24.1 Å². The lowest BCUT2D eigenvalue weighted by Gasteiger charge is -2.17. The molecule has 1 aliphatic heterocycles. The Morgan fingerprint density at radius 3 is 2.73 bits per heavy atom. The highest BCUT2D eigenvalue weighted by atomic mass is 16.7. The van der Waals surface area contributed by atoms with Gasteiger partial charge in [-0.1, -0.05) is 18.2 Å². The summed E-state index contributed by atoms with van der Waals surface area (Å²) >= 11 is 0. The number of carbonyl (C=O) groups is 1. The van der Waals surface area contributed by atoms with Gasteiger partial charge in [0.1, 0.15) is 0 Å². The van der Waals surface area contributed by atoms with Gasteiger partial charge in [0.25, 0.3) is 0 Å². The zero-order chi connectivity index (χ0) is 21.1. The maximum Gasteiger partial charge on any atom is 0.361 e. The summed E-state index contributed by atoms with van der Waals surface area (Å²) in [6.45, 7) is 6.48. The lowest BCUT2D eigenvalue weighted by molar-refractivity contribution is -0.679. The van der Waals surface area contributed by atoms with E-state index in [9.17, 15) is 4.79 Å². The number of tetrazole rings is 1. The minimum Gasteiger partial charge on any atom is -0.462 e. The molecule has 0 aliphatic carbocycles. The Labute approximate surface area is 173 Å². The fourth-order valence-electron chi connectivity index (χ4n) is 3.62. The number of rotatable bonds is 7. The summed E-state index contributed by atoms with van der Waals surface area (Å²) in [6.07, 6.45) is 0. The van der Waals surface area contributed by atoms with Crippen molar-refractivity contribution in [3.8, 4) is 17.2 Å². The van der Waals surface area contributed by atoms with E-state index in [1.165, 1.54) is 0 Å². The molecule has 0 saturated carbocycles. The van der Waals surface area contributed by atoms with Gasteiger partial charge < -0.3 is 19.5 Å². The number of hydrogen-bond donors (Lipinski definition) is 1. The van der Waals surface area contributed by atoms with E-state index in [2.05, 4.69) is 15.5 Å². The molecule has 1 aliphatic rings. The second kappa shape index (κ2) is 8.50. The quantitative estimate of drug-likeness (QED) is 0.584. The van der Waals surface area contributed by atoms with Crippen LogP contribution >= 0.6 is 0 Å². The standard InChI is InChI=1S/C21H23N5O4/c1-4-28-18(27)11-22-19(15-8-9-16-17(10-15)30-12-29-16)21-23-24-25-26(21)20-13(2)6-5-7-14(20)3/h5-10,19,22H,4,11-12H2,1-3H3/p+1/t19-/m1/s1. The summed E-state index contributed by atoms with van der Waals surface area (Å²) in [5, 5.41) is 14.4. The third kappa shape index (κ3) is 3.84. The highest BCUT2D eigenvalue weighted by Crippen LogP contribution is 2.35. The van der Waals surface area contributed by atoms with Crippen LogP contribution in [0.15, 0.2) is 36.4 Å². The Morgan fingerprint density at radius 1 is 1.20 bits per heavy atom. The highest BCUT2D eigenvalue weighted by molar-refractivity contribution is 5.70. The topological polar surface area (TPSA) is 105 Å². The zero-order valence-electron chi connectivity index (χ0n) is 17.2. The number of esters is 1. The van der Waals surface area contributed by atoms with Crippen LogP contribution in [0.5, 0.6) is 11.5 Å². The Bertz CT molecular complexity index is 1050. The minimum atomic E-state index is -0.349. The van der Waals surface area contributed by atoms with Crippen LogP contribution in [0.3, 0.4) is 0 Å². The van der Waals surface area contributed by atoms with Crippen LogP contribution in [0.1, 0.15) is 35.5 Å². The summed E-state index contributed by atoms with van der Waals surface area (Å²) in [4.78, 5) is 12.0. The first kappa shape index (κ1) is 19.8. The molecule has 9 heteroatoms. The van der Waals surface area contributed by atoms with E-state index in [-0.39, 0.29) is 25.3 Å². The van der Waals surface area contributed by atoms with Crippen LogP contribution in [0.25, 0.3) is 5.69 Å². The summed E-state index contributed by atoms with van der Waals surface area (Å²) < 4.78 is 17.8. The van der Waals surface area contributed by atoms with E-state index in [0.29, 0.717) is 23.9 Å². The SMILES string of the molecule is CCOC(=O)C[NH2+][C@H](c1ccc2c(c1)OCO2)c1nnnn1-c1c(C)cccc1C. The largest absolute Gasteiger partial charge is 0.462 e. The molecule has 0 saturated heterocycles. The lowest BCUT2D eigenvalue weighted by Crippen LogP contribution is -2.87. The second-order valence-corrected chi connectivity index (χ2v) is 7.02. The molecule has 2 N–H and O–H groups in total. The molecule has 0 radical (unpaired) electrons. The fraction of sp³-hybridized carbons (Fsp3) is 0.333. The highest BCUT2D eigenvalue weighted by Gasteiger charge is 2.29. The van der Waals surface area contributed by atoms with Crippen molar-refractivity contribution < 1.29 is 24.3 Å². The zero-order valence-corrected chi connectivity index (χ0v) is 17.2. The van der Waals surface area contributed by atoms with Gasteiger partial charge in [-0.15, -0.1) is 5.10 Å². The number of aromatic nitrogens is 4. The number of nitrogens with zero attached hydrogens (tertiary/aromatic N) is 4. The molecule has 0 amide bonds. The van der Waals surface area contributed by atoms with Crippen LogP contribution in [-0.2, 0) is 9.53 Å². The van der Waals surface area contributed by atoms with Crippen LogP contribution in [0, 0.1) is 13.8 Å². The van der Waals surface area contributed by atoms with Crippen molar-refractivity contribution >= 4 is 5.97 Å². The van der Waals surface area contributed by atoms with Crippen molar-refractivity contribution in [2.24, 2.45) is 0 Å². The fourth-order valence-corrected chi connectivity index (χ4v) is 3.62. The van der Waals surface area contributed by atoms with E-state index in [1.807, 2.05) is 55.6 Å². The van der Waals surface area contributed by atoms with E-state index >= 15 is 0 Å². The molecule has 156 valence electrons. The summed E-state index contributed by atoms with van der Waals surface area (Å²) in [5.41, 5.74) is 3.93. The number of para-hydroxylation sites is 1. The molecule has 9 nitrogen and oxygen atoms in total. The average Bonchev–Trinajstić information content (AvgIpc) is 3.38. The molecule has 0 unspecified atom stereocenters. The van der Waals surface area contributed by atoms with Crippen molar-refractivity contribution in [2.45, 2.75) is 26.8 Å². The number of benzene rings is 2. The summed E-state index contributed by atoms with van der Waals surface area (Å²) in [5.74, 6) is 1.66. The molecule has 0 fully saturated rings. The average molecular weight is 410 g/mol. The van der Waals surface area contributed by atoms with Crippen molar-refractivity contribution in [3.63, 3.8) is 0 Å². The first-order chi connectivity index (χ1) is 14.6. The first-order valence-electron chi connectivity index (χ1n) is 9.81. The van der Waals surface area contributed by atoms with Gasteiger partial charge in [-0.25, -0.2) is 4.79 Å². The van der Waals surface area contributed by atoms with E-state index < -0.39 is 0 Å². The number of nitrogens with two attached hydrogens (primary N) is 1. The molecule has 2 aromatic carbocycles. The van der Waals surface area contributed by atoms with Crippen molar-refractivity contribution in [2.75, 3.05) is 19.9 Å². The number of hydrogen-bond acceptors (Lipinski definition) is 7. The summed E-state index contributed by atoms with van der Waals surface area (Å²) in [6, 6.07) is 11.4. The van der Waals surface area contributed by atoms with Gasteiger partial charge in [-0.3, -0.25) is 0 Å².